The Kier molecular flexibility index (Phi) is 3.00. The molecule has 2 aromatic heterocycles. The maximum Gasteiger partial charge on any atom is 0.294 e. The van der Waals surface area contributed by atoms with Crippen LogP contribution in [0.15, 0.2) is 33.5 Å². The number of aromatic nitrogens is 2. The zero-order chi connectivity index (χ0) is 14.2. The van der Waals surface area contributed by atoms with Crippen molar-refractivity contribution in [1.29, 1.82) is 0 Å². The molecule has 4 rings (SSSR count). The van der Waals surface area contributed by atoms with Gasteiger partial charge in [0.15, 0.2) is 0 Å². The van der Waals surface area contributed by atoms with Crippen LogP contribution in [0.25, 0.3) is 22.1 Å². The SMILES string of the molecule is O=c1[nH]c(CN2CCCCC2)nc2c1oc1ccccc12. The fourth-order valence-electron chi connectivity index (χ4n) is 3.05. The van der Waals surface area contributed by atoms with Crippen LogP contribution in [-0.4, -0.2) is 28.0 Å². The largest absolute Gasteiger partial charge is 0.449 e. The molecule has 0 amide bonds. The number of nitrogens with zero attached hydrogens (tertiary/aromatic N) is 2. The Labute approximate surface area is 121 Å². The van der Waals surface area contributed by atoms with E-state index in [2.05, 4.69) is 14.9 Å². The van der Waals surface area contributed by atoms with Gasteiger partial charge in [-0.05, 0) is 38.1 Å². The molecular formula is C16H17N3O2. The number of H-pyrrole nitrogens is 1. The second-order valence-electron chi connectivity index (χ2n) is 5.63. The van der Waals surface area contributed by atoms with Gasteiger partial charge >= 0.3 is 0 Å². The Morgan fingerprint density at radius 1 is 1.19 bits per heavy atom. The molecular weight excluding hydrogens is 266 g/mol. The monoisotopic (exact) mass is 283 g/mol. The van der Waals surface area contributed by atoms with Gasteiger partial charge in [-0.15, -0.1) is 0 Å². The third-order valence-electron chi connectivity index (χ3n) is 4.10. The van der Waals surface area contributed by atoms with Gasteiger partial charge in [0.05, 0.1) is 6.54 Å². The summed E-state index contributed by atoms with van der Waals surface area (Å²) in [5.41, 5.74) is 1.50. The Hall–Kier alpha value is -2.14. The summed E-state index contributed by atoms with van der Waals surface area (Å²) in [6.07, 6.45) is 3.74. The minimum Gasteiger partial charge on any atom is -0.449 e. The van der Waals surface area contributed by atoms with Gasteiger partial charge in [-0.1, -0.05) is 18.6 Å². The maximum atomic E-state index is 12.2. The maximum absolute atomic E-state index is 12.2. The highest BCUT2D eigenvalue weighted by Gasteiger charge is 2.15. The standard InChI is InChI=1S/C16H17N3O2/c20-16-15-14(11-6-2-3-7-12(11)21-15)17-13(18-16)10-19-8-4-1-5-9-19/h2-3,6-7H,1,4-5,8-10H2,(H,17,18,20). The fraction of sp³-hybridized carbons (Fsp3) is 0.375. The van der Waals surface area contributed by atoms with Crippen LogP contribution >= 0.6 is 0 Å². The van der Waals surface area contributed by atoms with E-state index < -0.39 is 0 Å². The van der Waals surface area contributed by atoms with Crippen molar-refractivity contribution in [2.45, 2.75) is 25.8 Å². The summed E-state index contributed by atoms with van der Waals surface area (Å²) in [7, 11) is 0. The number of aromatic amines is 1. The third-order valence-corrected chi connectivity index (χ3v) is 4.10. The van der Waals surface area contributed by atoms with Crippen molar-refractivity contribution in [2.75, 3.05) is 13.1 Å². The number of furan rings is 1. The summed E-state index contributed by atoms with van der Waals surface area (Å²) >= 11 is 0. The van der Waals surface area contributed by atoms with Crippen LogP contribution in [0.5, 0.6) is 0 Å². The van der Waals surface area contributed by atoms with Gasteiger partial charge in [-0.25, -0.2) is 4.98 Å². The summed E-state index contributed by atoms with van der Waals surface area (Å²) < 4.78 is 5.61. The van der Waals surface area contributed by atoms with Crippen LogP contribution < -0.4 is 5.56 Å². The molecule has 5 nitrogen and oxygen atoms in total. The lowest BCUT2D eigenvalue weighted by Crippen LogP contribution is -2.30. The predicted molar refractivity (Wildman–Crippen MR) is 81.3 cm³/mol. The van der Waals surface area contributed by atoms with Crippen molar-refractivity contribution in [3.05, 3.63) is 40.4 Å². The topological polar surface area (TPSA) is 62.1 Å². The van der Waals surface area contributed by atoms with E-state index in [9.17, 15) is 4.79 Å². The molecule has 0 spiro atoms. The minimum absolute atomic E-state index is 0.191. The zero-order valence-electron chi connectivity index (χ0n) is 11.8. The molecule has 1 N–H and O–H groups in total. The van der Waals surface area contributed by atoms with E-state index in [1.807, 2.05) is 24.3 Å². The van der Waals surface area contributed by atoms with Gasteiger partial charge in [0.1, 0.15) is 16.9 Å². The van der Waals surface area contributed by atoms with E-state index in [1.54, 1.807) is 0 Å². The molecule has 0 atom stereocenters. The number of para-hydroxylation sites is 1. The predicted octanol–water partition coefficient (Wildman–Crippen LogP) is 2.66. The first-order chi connectivity index (χ1) is 10.3. The molecule has 3 aromatic rings. The molecule has 1 fully saturated rings. The van der Waals surface area contributed by atoms with Crippen molar-refractivity contribution in [2.24, 2.45) is 0 Å². The first kappa shape index (κ1) is 12.6. The molecule has 0 aliphatic carbocycles. The summed E-state index contributed by atoms with van der Waals surface area (Å²) in [6.45, 7) is 2.85. The van der Waals surface area contributed by atoms with E-state index >= 15 is 0 Å². The average Bonchev–Trinajstić information content (AvgIpc) is 2.88. The highest BCUT2D eigenvalue weighted by Crippen LogP contribution is 2.24. The Balaban J connectivity index is 1.79. The lowest BCUT2D eigenvalue weighted by molar-refractivity contribution is 0.216. The molecule has 1 aliphatic heterocycles. The van der Waals surface area contributed by atoms with Crippen molar-refractivity contribution >= 4 is 22.1 Å². The molecule has 1 saturated heterocycles. The number of hydrogen-bond donors (Lipinski definition) is 1. The van der Waals surface area contributed by atoms with Crippen molar-refractivity contribution in [3.63, 3.8) is 0 Å². The van der Waals surface area contributed by atoms with Crippen LogP contribution in [0.1, 0.15) is 25.1 Å². The van der Waals surface area contributed by atoms with Crippen LogP contribution in [0.3, 0.4) is 0 Å². The highest BCUT2D eigenvalue weighted by atomic mass is 16.3. The number of nitrogens with one attached hydrogen (secondary N) is 1. The quantitative estimate of drug-likeness (QED) is 0.785. The van der Waals surface area contributed by atoms with E-state index in [0.29, 0.717) is 23.2 Å². The second kappa shape index (κ2) is 5.00. The number of rotatable bonds is 2. The smallest absolute Gasteiger partial charge is 0.294 e. The van der Waals surface area contributed by atoms with Gasteiger partial charge in [0.25, 0.3) is 5.56 Å². The molecule has 21 heavy (non-hydrogen) atoms. The van der Waals surface area contributed by atoms with Gasteiger partial charge < -0.3 is 9.40 Å². The Bertz CT molecular complexity index is 843. The third kappa shape index (κ3) is 2.23. The second-order valence-corrected chi connectivity index (χ2v) is 5.63. The molecule has 5 heteroatoms. The highest BCUT2D eigenvalue weighted by molar-refractivity contribution is 6.01. The van der Waals surface area contributed by atoms with Crippen LogP contribution in [-0.2, 0) is 6.54 Å². The molecule has 0 unspecified atom stereocenters. The first-order valence-electron chi connectivity index (χ1n) is 7.44. The van der Waals surface area contributed by atoms with Crippen molar-refractivity contribution in [1.82, 2.24) is 14.9 Å². The lowest BCUT2D eigenvalue weighted by Gasteiger charge is -2.25. The normalized spacial score (nSPS) is 16.8. The summed E-state index contributed by atoms with van der Waals surface area (Å²) in [5, 5.41) is 0.901. The van der Waals surface area contributed by atoms with Gasteiger partial charge in [0.2, 0.25) is 5.58 Å². The van der Waals surface area contributed by atoms with Crippen molar-refractivity contribution in [3.8, 4) is 0 Å². The minimum atomic E-state index is -0.191. The van der Waals surface area contributed by atoms with Gasteiger partial charge in [0, 0.05) is 5.39 Å². The van der Waals surface area contributed by atoms with Crippen LogP contribution in [0.2, 0.25) is 0 Å². The summed E-state index contributed by atoms with van der Waals surface area (Å²) in [6, 6.07) is 7.64. The Morgan fingerprint density at radius 3 is 2.86 bits per heavy atom. The number of hydrogen-bond acceptors (Lipinski definition) is 4. The molecule has 0 saturated carbocycles. The number of fused-ring (bicyclic) bond motifs is 3. The van der Waals surface area contributed by atoms with E-state index in [1.165, 1.54) is 19.3 Å². The lowest BCUT2D eigenvalue weighted by atomic mass is 10.1. The number of benzene rings is 1. The number of likely N-dealkylation sites (tertiary alicyclic amines) is 1. The molecule has 1 aromatic carbocycles. The first-order valence-corrected chi connectivity index (χ1v) is 7.44. The fourth-order valence-corrected chi connectivity index (χ4v) is 3.05. The average molecular weight is 283 g/mol. The number of piperidine rings is 1. The molecule has 108 valence electrons. The molecule has 1 aliphatic rings. The van der Waals surface area contributed by atoms with E-state index in [4.69, 9.17) is 4.42 Å². The molecule has 0 radical (unpaired) electrons. The van der Waals surface area contributed by atoms with E-state index in [0.717, 1.165) is 24.3 Å². The van der Waals surface area contributed by atoms with Gasteiger partial charge in [-0.2, -0.15) is 0 Å². The summed E-state index contributed by atoms with van der Waals surface area (Å²) in [5.74, 6) is 0.723. The van der Waals surface area contributed by atoms with Gasteiger partial charge in [-0.3, -0.25) is 9.69 Å². The summed E-state index contributed by atoms with van der Waals surface area (Å²) in [4.78, 5) is 22.0. The van der Waals surface area contributed by atoms with E-state index in [-0.39, 0.29) is 5.56 Å². The van der Waals surface area contributed by atoms with Crippen LogP contribution in [0.4, 0.5) is 0 Å². The molecule has 0 bridgehead atoms. The zero-order valence-corrected chi connectivity index (χ0v) is 11.8. The molecule has 3 heterocycles. The van der Waals surface area contributed by atoms with Crippen molar-refractivity contribution < 1.29 is 4.42 Å². The van der Waals surface area contributed by atoms with Crippen LogP contribution in [0, 0.1) is 0 Å². The Morgan fingerprint density at radius 2 is 2.00 bits per heavy atom.